The molecule has 6 nitrogen and oxygen atoms in total. The summed E-state index contributed by atoms with van der Waals surface area (Å²) in [5.74, 6) is 0.707. The molecule has 0 unspecified atom stereocenters. The van der Waals surface area contributed by atoms with Crippen molar-refractivity contribution in [3.63, 3.8) is 0 Å². The topological polar surface area (TPSA) is 71.8 Å². The molecule has 0 aliphatic carbocycles. The highest BCUT2D eigenvalue weighted by molar-refractivity contribution is 8.00. The standard InChI is InChI=1S/C19H20ClN5OS/c1-13(18(26)22-16-6-4-3-5-7-16)27-19-24-23-17(25(19)2)12-21-15-10-8-14(20)9-11-15/h3-11,13,21H,12H2,1-2H3,(H,22,26)/t13-/m0/s1. The van der Waals surface area contributed by atoms with Crippen molar-refractivity contribution in [2.45, 2.75) is 23.9 Å². The lowest BCUT2D eigenvalue weighted by Gasteiger charge is -2.12. The van der Waals surface area contributed by atoms with Crippen LogP contribution in [0.3, 0.4) is 0 Å². The van der Waals surface area contributed by atoms with Crippen LogP contribution < -0.4 is 10.6 Å². The van der Waals surface area contributed by atoms with E-state index in [4.69, 9.17) is 11.6 Å². The number of hydrogen-bond acceptors (Lipinski definition) is 5. The van der Waals surface area contributed by atoms with Gasteiger partial charge in [-0.1, -0.05) is 41.6 Å². The number of nitrogens with one attached hydrogen (secondary N) is 2. The second-order valence-electron chi connectivity index (χ2n) is 5.93. The molecule has 1 amide bonds. The molecule has 3 rings (SSSR count). The molecular formula is C19H20ClN5OS. The van der Waals surface area contributed by atoms with E-state index in [-0.39, 0.29) is 11.2 Å². The maximum absolute atomic E-state index is 12.4. The molecule has 0 fully saturated rings. The van der Waals surface area contributed by atoms with Crippen LogP contribution in [-0.4, -0.2) is 25.9 Å². The Morgan fingerprint density at radius 1 is 1.11 bits per heavy atom. The summed E-state index contributed by atoms with van der Waals surface area (Å²) in [5.41, 5.74) is 1.73. The van der Waals surface area contributed by atoms with Gasteiger partial charge >= 0.3 is 0 Å². The number of para-hydroxylation sites is 1. The first-order chi connectivity index (χ1) is 13.0. The van der Waals surface area contributed by atoms with Crippen molar-refractivity contribution in [3.8, 4) is 0 Å². The Bertz CT molecular complexity index is 898. The zero-order valence-electron chi connectivity index (χ0n) is 15.0. The van der Waals surface area contributed by atoms with Crippen LogP contribution in [-0.2, 0) is 18.4 Å². The van der Waals surface area contributed by atoms with Crippen molar-refractivity contribution in [1.82, 2.24) is 14.8 Å². The molecule has 27 heavy (non-hydrogen) atoms. The number of anilines is 2. The summed E-state index contributed by atoms with van der Waals surface area (Å²) in [6.07, 6.45) is 0. The maximum atomic E-state index is 12.4. The van der Waals surface area contributed by atoms with Gasteiger partial charge in [0.25, 0.3) is 0 Å². The number of nitrogens with zero attached hydrogens (tertiary/aromatic N) is 3. The van der Waals surface area contributed by atoms with E-state index in [9.17, 15) is 4.79 Å². The SMILES string of the molecule is C[C@H](Sc1nnc(CNc2ccc(Cl)cc2)n1C)C(=O)Nc1ccccc1. The first-order valence-corrected chi connectivity index (χ1v) is 9.69. The van der Waals surface area contributed by atoms with Gasteiger partial charge < -0.3 is 15.2 Å². The van der Waals surface area contributed by atoms with Gasteiger partial charge in [-0.25, -0.2) is 0 Å². The van der Waals surface area contributed by atoms with Gasteiger partial charge in [-0.3, -0.25) is 4.79 Å². The Morgan fingerprint density at radius 2 is 1.81 bits per heavy atom. The number of halogens is 1. The highest BCUT2D eigenvalue weighted by Gasteiger charge is 2.19. The van der Waals surface area contributed by atoms with Crippen LogP contribution in [0.15, 0.2) is 59.8 Å². The average molecular weight is 402 g/mol. The Kier molecular flexibility index (Phi) is 6.36. The molecule has 2 aromatic carbocycles. The quantitative estimate of drug-likeness (QED) is 0.580. The number of thioether (sulfide) groups is 1. The zero-order chi connectivity index (χ0) is 19.2. The largest absolute Gasteiger partial charge is 0.378 e. The van der Waals surface area contributed by atoms with Crippen LogP contribution in [0.1, 0.15) is 12.7 Å². The van der Waals surface area contributed by atoms with Crippen LogP contribution in [0, 0.1) is 0 Å². The van der Waals surface area contributed by atoms with E-state index in [1.807, 2.05) is 73.1 Å². The van der Waals surface area contributed by atoms with E-state index < -0.39 is 0 Å². The van der Waals surface area contributed by atoms with Crippen LogP contribution in [0.25, 0.3) is 0 Å². The molecule has 1 aromatic heterocycles. The first-order valence-electron chi connectivity index (χ1n) is 8.43. The van der Waals surface area contributed by atoms with Gasteiger partial charge in [0, 0.05) is 23.4 Å². The normalized spacial score (nSPS) is 11.8. The van der Waals surface area contributed by atoms with E-state index in [1.165, 1.54) is 11.8 Å². The summed E-state index contributed by atoms with van der Waals surface area (Å²) in [6, 6.07) is 16.9. The number of carbonyl (C=O) groups is 1. The average Bonchev–Trinajstić information content (AvgIpc) is 3.02. The molecule has 0 saturated carbocycles. The molecule has 0 radical (unpaired) electrons. The minimum Gasteiger partial charge on any atom is -0.378 e. The van der Waals surface area contributed by atoms with E-state index in [2.05, 4.69) is 20.8 Å². The molecule has 0 saturated heterocycles. The molecular weight excluding hydrogens is 382 g/mol. The molecule has 0 aliphatic rings. The zero-order valence-corrected chi connectivity index (χ0v) is 16.6. The van der Waals surface area contributed by atoms with E-state index >= 15 is 0 Å². The van der Waals surface area contributed by atoms with Crippen molar-refractivity contribution in [2.24, 2.45) is 7.05 Å². The monoisotopic (exact) mass is 401 g/mol. The first kappa shape index (κ1) is 19.3. The van der Waals surface area contributed by atoms with E-state index in [0.29, 0.717) is 16.7 Å². The van der Waals surface area contributed by atoms with Crippen molar-refractivity contribution in [1.29, 1.82) is 0 Å². The van der Waals surface area contributed by atoms with Crippen LogP contribution in [0.5, 0.6) is 0 Å². The van der Waals surface area contributed by atoms with Crippen molar-refractivity contribution >= 4 is 40.6 Å². The molecule has 3 aromatic rings. The lowest BCUT2D eigenvalue weighted by Crippen LogP contribution is -2.22. The molecule has 0 aliphatic heterocycles. The summed E-state index contributed by atoms with van der Waals surface area (Å²) in [7, 11) is 1.89. The Morgan fingerprint density at radius 3 is 2.52 bits per heavy atom. The van der Waals surface area contributed by atoms with Gasteiger partial charge in [-0.05, 0) is 43.3 Å². The van der Waals surface area contributed by atoms with E-state index in [0.717, 1.165) is 17.2 Å². The smallest absolute Gasteiger partial charge is 0.237 e. The summed E-state index contributed by atoms with van der Waals surface area (Å²) >= 11 is 7.27. The van der Waals surface area contributed by atoms with Crippen LogP contribution >= 0.6 is 23.4 Å². The molecule has 0 bridgehead atoms. The third-order valence-electron chi connectivity index (χ3n) is 3.91. The highest BCUT2D eigenvalue weighted by atomic mass is 35.5. The number of benzene rings is 2. The third-order valence-corrected chi connectivity index (χ3v) is 5.30. The highest BCUT2D eigenvalue weighted by Crippen LogP contribution is 2.23. The minimum atomic E-state index is -0.301. The fraction of sp³-hybridized carbons (Fsp3) is 0.211. The predicted molar refractivity (Wildman–Crippen MR) is 110 cm³/mol. The molecule has 0 spiro atoms. The summed E-state index contributed by atoms with van der Waals surface area (Å²) in [6.45, 7) is 2.37. The lowest BCUT2D eigenvalue weighted by atomic mass is 10.3. The van der Waals surface area contributed by atoms with Crippen LogP contribution in [0.2, 0.25) is 5.02 Å². The molecule has 2 N–H and O–H groups in total. The van der Waals surface area contributed by atoms with Crippen molar-refractivity contribution in [3.05, 3.63) is 65.4 Å². The van der Waals surface area contributed by atoms with Crippen molar-refractivity contribution < 1.29 is 4.79 Å². The Hall–Kier alpha value is -2.51. The maximum Gasteiger partial charge on any atom is 0.237 e. The second kappa shape index (κ2) is 8.92. The van der Waals surface area contributed by atoms with Gasteiger partial charge in [0.15, 0.2) is 11.0 Å². The Balaban J connectivity index is 1.57. The lowest BCUT2D eigenvalue weighted by molar-refractivity contribution is -0.115. The fourth-order valence-electron chi connectivity index (χ4n) is 2.33. The van der Waals surface area contributed by atoms with Gasteiger partial charge in [-0.15, -0.1) is 10.2 Å². The third kappa shape index (κ3) is 5.24. The van der Waals surface area contributed by atoms with Gasteiger partial charge in [0.1, 0.15) is 0 Å². The summed E-state index contributed by atoms with van der Waals surface area (Å²) in [5, 5.41) is 15.7. The van der Waals surface area contributed by atoms with Gasteiger partial charge in [0.2, 0.25) is 5.91 Å². The number of aromatic nitrogens is 3. The summed E-state index contributed by atoms with van der Waals surface area (Å²) < 4.78 is 1.89. The van der Waals surface area contributed by atoms with Gasteiger partial charge in [0.05, 0.1) is 11.8 Å². The molecule has 1 atom stereocenters. The number of carbonyl (C=O) groups excluding carboxylic acids is 1. The van der Waals surface area contributed by atoms with Crippen LogP contribution in [0.4, 0.5) is 11.4 Å². The fourth-order valence-corrected chi connectivity index (χ4v) is 3.29. The van der Waals surface area contributed by atoms with Gasteiger partial charge in [-0.2, -0.15) is 0 Å². The predicted octanol–water partition coefficient (Wildman–Crippen LogP) is 4.20. The number of hydrogen-bond donors (Lipinski definition) is 2. The van der Waals surface area contributed by atoms with Crippen molar-refractivity contribution in [2.75, 3.05) is 10.6 Å². The molecule has 140 valence electrons. The van der Waals surface area contributed by atoms with E-state index in [1.54, 1.807) is 0 Å². The summed E-state index contributed by atoms with van der Waals surface area (Å²) in [4.78, 5) is 12.4. The number of rotatable bonds is 7. The molecule has 8 heteroatoms. The number of amides is 1. The Labute approximate surface area is 167 Å². The second-order valence-corrected chi connectivity index (χ2v) is 7.68. The minimum absolute atomic E-state index is 0.0740. The molecule has 1 heterocycles.